The van der Waals surface area contributed by atoms with Crippen molar-refractivity contribution in [1.29, 1.82) is 0 Å². The number of nitrogens with one attached hydrogen (secondary N) is 2. The zero-order chi connectivity index (χ0) is 23.5. The molecule has 0 radical (unpaired) electrons. The fourth-order valence-electron chi connectivity index (χ4n) is 8.42. The van der Waals surface area contributed by atoms with Crippen molar-refractivity contribution in [2.75, 3.05) is 13.1 Å². The normalized spacial score (nSPS) is 37.0. The first-order valence-electron chi connectivity index (χ1n) is 13.3. The standard InChI is InChI=1S/C29H37N3O2/c1-28-13-10-23-21(17-32-26-15-19(33)9-12-29(23,26)2)22(28)7-8-24(28)27(34)30-14-11-18-16-31-25-6-4-3-5-20(18)25/h3-6,16,21-24,31H,7-15,17H2,1-2H3,(H,30,34)/t21-,22-,23+,24?,28-,29+/m0/s1. The van der Waals surface area contributed by atoms with Gasteiger partial charge < -0.3 is 10.3 Å². The van der Waals surface area contributed by atoms with E-state index in [2.05, 4.69) is 48.5 Å². The van der Waals surface area contributed by atoms with Gasteiger partial charge in [0.1, 0.15) is 5.78 Å². The fraction of sp³-hybridized carbons (Fsp3) is 0.621. The summed E-state index contributed by atoms with van der Waals surface area (Å²) in [5.74, 6) is 2.46. The summed E-state index contributed by atoms with van der Waals surface area (Å²) in [6.07, 6.45) is 9.59. The highest BCUT2D eigenvalue weighted by Crippen LogP contribution is 2.63. The van der Waals surface area contributed by atoms with Crippen molar-refractivity contribution in [3.8, 4) is 0 Å². The molecule has 1 amide bonds. The van der Waals surface area contributed by atoms with E-state index in [1.807, 2.05) is 6.07 Å². The van der Waals surface area contributed by atoms with Crippen LogP contribution in [0.15, 0.2) is 35.5 Å². The molecule has 1 aliphatic heterocycles. The third-order valence-corrected chi connectivity index (χ3v) is 10.4. The number of benzene rings is 1. The molecule has 5 nitrogen and oxygen atoms in total. The monoisotopic (exact) mass is 459 g/mol. The SMILES string of the molecule is C[C@]12CCC(=O)CC1=NC[C@@H]1[C@H]2CC[C@]2(C)C(C(=O)NCCc3c[nH]c4ccccc34)CC[C@@H]12. The van der Waals surface area contributed by atoms with E-state index in [9.17, 15) is 9.59 Å². The van der Waals surface area contributed by atoms with Gasteiger partial charge in [0.25, 0.3) is 0 Å². The quantitative estimate of drug-likeness (QED) is 0.668. The van der Waals surface area contributed by atoms with Crippen molar-refractivity contribution in [1.82, 2.24) is 10.3 Å². The summed E-state index contributed by atoms with van der Waals surface area (Å²) in [5.41, 5.74) is 3.76. The van der Waals surface area contributed by atoms with Crippen molar-refractivity contribution in [3.05, 3.63) is 36.0 Å². The van der Waals surface area contributed by atoms with Crippen LogP contribution in [0.1, 0.15) is 64.4 Å². The summed E-state index contributed by atoms with van der Waals surface area (Å²) in [5, 5.41) is 4.55. The van der Waals surface area contributed by atoms with Crippen LogP contribution in [0.4, 0.5) is 0 Å². The maximum atomic E-state index is 13.4. The van der Waals surface area contributed by atoms with Crippen molar-refractivity contribution in [2.24, 2.45) is 39.5 Å². The molecule has 1 aromatic carbocycles. The minimum atomic E-state index is 0.0693. The van der Waals surface area contributed by atoms with E-state index in [-0.39, 0.29) is 22.7 Å². The van der Waals surface area contributed by atoms with Gasteiger partial charge in [-0.3, -0.25) is 14.6 Å². The highest BCUT2D eigenvalue weighted by molar-refractivity contribution is 6.07. The zero-order valence-electron chi connectivity index (χ0n) is 20.5. The minimum Gasteiger partial charge on any atom is -0.361 e. The molecule has 34 heavy (non-hydrogen) atoms. The number of Topliss-reactive ketones (excluding diaryl/α,β-unsaturated/α-hetero) is 1. The second-order valence-electron chi connectivity index (χ2n) is 11.9. The molecule has 0 bridgehead atoms. The van der Waals surface area contributed by atoms with Gasteiger partial charge in [-0.15, -0.1) is 0 Å². The third-order valence-electron chi connectivity index (χ3n) is 10.4. The molecule has 6 atom stereocenters. The summed E-state index contributed by atoms with van der Waals surface area (Å²) < 4.78 is 0. The van der Waals surface area contributed by atoms with Crippen LogP contribution >= 0.6 is 0 Å². The van der Waals surface area contributed by atoms with Gasteiger partial charge in [0.05, 0.1) is 0 Å². The van der Waals surface area contributed by atoms with E-state index in [0.717, 1.165) is 44.2 Å². The van der Waals surface area contributed by atoms with Gasteiger partial charge in [0.2, 0.25) is 5.91 Å². The Labute approximate surface area is 202 Å². The molecule has 4 aliphatic rings. The van der Waals surface area contributed by atoms with E-state index in [4.69, 9.17) is 4.99 Å². The van der Waals surface area contributed by atoms with Crippen LogP contribution in [0.2, 0.25) is 0 Å². The number of hydrogen-bond acceptors (Lipinski definition) is 3. The number of carbonyl (C=O) groups excluding carboxylic acids is 2. The number of fused-ring (bicyclic) bond motifs is 6. The number of para-hydroxylation sites is 1. The largest absolute Gasteiger partial charge is 0.361 e. The van der Waals surface area contributed by atoms with E-state index in [0.29, 0.717) is 42.9 Å². The number of nitrogens with zero attached hydrogens (tertiary/aromatic N) is 1. The van der Waals surface area contributed by atoms with Gasteiger partial charge in [-0.1, -0.05) is 32.0 Å². The summed E-state index contributed by atoms with van der Waals surface area (Å²) in [6, 6.07) is 8.35. The van der Waals surface area contributed by atoms with Gasteiger partial charge in [-0.05, 0) is 73.3 Å². The highest BCUT2D eigenvalue weighted by Gasteiger charge is 2.60. The van der Waals surface area contributed by atoms with Crippen molar-refractivity contribution in [2.45, 2.75) is 65.2 Å². The second-order valence-corrected chi connectivity index (χ2v) is 11.9. The third kappa shape index (κ3) is 3.30. The summed E-state index contributed by atoms with van der Waals surface area (Å²) >= 11 is 0. The number of H-pyrrole nitrogens is 1. The lowest BCUT2D eigenvalue weighted by atomic mass is 9.49. The number of hydrogen-bond donors (Lipinski definition) is 2. The molecular weight excluding hydrogens is 422 g/mol. The van der Waals surface area contributed by atoms with E-state index in [1.165, 1.54) is 23.1 Å². The number of amides is 1. The van der Waals surface area contributed by atoms with Crippen LogP contribution in [0.5, 0.6) is 0 Å². The molecule has 2 heterocycles. The number of aliphatic imine (C=N–C) groups is 1. The van der Waals surface area contributed by atoms with Crippen LogP contribution in [-0.4, -0.2) is 35.5 Å². The van der Waals surface area contributed by atoms with Gasteiger partial charge in [0, 0.05) is 60.1 Å². The summed E-state index contributed by atoms with van der Waals surface area (Å²) in [4.78, 5) is 33.8. The zero-order valence-corrected chi connectivity index (χ0v) is 20.5. The minimum absolute atomic E-state index is 0.0693. The highest BCUT2D eigenvalue weighted by atomic mass is 16.2. The molecule has 1 unspecified atom stereocenters. The van der Waals surface area contributed by atoms with Crippen molar-refractivity contribution < 1.29 is 9.59 Å². The Balaban J connectivity index is 1.14. The van der Waals surface area contributed by atoms with Gasteiger partial charge in [-0.25, -0.2) is 0 Å². The Morgan fingerprint density at radius 2 is 2.00 bits per heavy atom. The molecule has 2 aromatic rings. The summed E-state index contributed by atoms with van der Waals surface area (Å²) in [6.45, 7) is 6.31. The number of rotatable bonds is 4. The van der Waals surface area contributed by atoms with Crippen LogP contribution in [0.3, 0.4) is 0 Å². The Bertz CT molecular complexity index is 1170. The lowest BCUT2D eigenvalue weighted by Gasteiger charge is -2.56. The molecular formula is C29H37N3O2. The van der Waals surface area contributed by atoms with E-state index < -0.39 is 0 Å². The van der Waals surface area contributed by atoms with Crippen molar-refractivity contribution >= 4 is 28.3 Å². The average molecular weight is 460 g/mol. The lowest BCUT2D eigenvalue weighted by molar-refractivity contribution is -0.131. The molecule has 5 heteroatoms. The average Bonchev–Trinajstić information content (AvgIpc) is 3.40. The van der Waals surface area contributed by atoms with Crippen molar-refractivity contribution in [3.63, 3.8) is 0 Å². The molecule has 180 valence electrons. The fourth-order valence-corrected chi connectivity index (χ4v) is 8.42. The van der Waals surface area contributed by atoms with Crippen LogP contribution in [0, 0.1) is 34.5 Å². The van der Waals surface area contributed by atoms with Gasteiger partial charge >= 0.3 is 0 Å². The first-order valence-corrected chi connectivity index (χ1v) is 13.3. The van der Waals surface area contributed by atoms with E-state index in [1.54, 1.807) is 0 Å². The molecule has 3 saturated carbocycles. The molecule has 1 aromatic heterocycles. The molecule has 0 spiro atoms. The molecule has 6 rings (SSSR count). The lowest BCUT2D eigenvalue weighted by Crippen LogP contribution is -2.55. The Kier molecular flexibility index (Phi) is 5.23. The van der Waals surface area contributed by atoms with Gasteiger partial charge in [-0.2, -0.15) is 0 Å². The predicted molar refractivity (Wildman–Crippen MR) is 135 cm³/mol. The second kappa shape index (κ2) is 8.07. The van der Waals surface area contributed by atoms with E-state index >= 15 is 0 Å². The van der Waals surface area contributed by atoms with Gasteiger partial charge in [0.15, 0.2) is 0 Å². The molecule has 3 fully saturated rings. The Morgan fingerprint density at radius 3 is 2.88 bits per heavy atom. The Hall–Kier alpha value is -2.43. The maximum absolute atomic E-state index is 13.4. The first kappa shape index (κ1) is 22.1. The molecule has 2 N–H and O–H groups in total. The number of carbonyl (C=O) groups is 2. The first-order chi connectivity index (χ1) is 16.4. The maximum Gasteiger partial charge on any atom is 0.223 e. The number of ketones is 1. The Morgan fingerprint density at radius 1 is 1.15 bits per heavy atom. The number of aromatic amines is 1. The smallest absolute Gasteiger partial charge is 0.223 e. The van der Waals surface area contributed by atoms with Crippen LogP contribution < -0.4 is 5.32 Å². The summed E-state index contributed by atoms with van der Waals surface area (Å²) in [7, 11) is 0. The molecule has 3 aliphatic carbocycles. The molecule has 0 saturated heterocycles. The predicted octanol–water partition coefficient (Wildman–Crippen LogP) is 5.10. The number of aromatic nitrogens is 1. The van der Waals surface area contributed by atoms with Crippen LogP contribution in [0.25, 0.3) is 10.9 Å². The van der Waals surface area contributed by atoms with Crippen LogP contribution in [-0.2, 0) is 16.0 Å². The topological polar surface area (TPSA) is 74.3 Å².